The maximum atomic E-state index is 12.8. The maximum absolute atomic E-state index is 12.8. The van der Waals surface area contributed by atoms with Gasteiger partial charge in [-0.2, -0.15) is 0 Å². The maximum Gasteiger partial charge on any atom is 0.407 e. The zero-order valence-corrected chi connectivity index (χ0v) is 15.4. The molecule has 5 rings (SSSR count). The van der Waals surface area contributed by atoms with Crippen molar-refractivity contribution in [1.29, 1.82) is 0 Å². The van der Waals surface area contributed by atoms with E-state index >= 15 is 0 Å². The molecule has 0 aromatic heterocycles. The van der Waals surface area contributed by atoms with Crippen LogP contribution in [0.2, 0.25) is 0 Å². The van der Waals surface area contributed by atoms with Crippen molar-refractivity contribution < 1.29 is 14.3 Å². The zero-order chi connectivity index (χ0) is 18.1. The van der Waals surface area contributed by atoms with Crippen LogP contribution < -0.4 is 5.32 Å². The molecular formula is C21H26N2O3. The van der Waals surface area contributed by atoms with Crippen molar-refractivity contribution in [3.8, 4) is 0 Å². The van der Waals surface area contributed by atoms with Crippen molar-refractivity contribution >= 4 is 12.0 Å². The van der Waals surface area contributed by atoms with Crippen molar-refractivity contribution in [2.45, 2.75) is 44.1 Å². The third kappa shape index (κ3) is 2.43. The Morgan fingerprint density at radius 1 is 1.27 bits per heavy atom. The molecule has 1 N–H and O–H groups in total. The lowest BCUT2D eigenvalue weighted by Gasteiger charge is -2.43. The standard InChI is InChI=1S/C21H26N2O3/c1-12(2)13-4-3-5-14(6-13)18-16-9-23(10-17(16)18)19(24)15-7-21(8-15)11-26-20(25)22-21/h3-6,12,15-18H,7-11H2,1-2H3,(H,22,25)/t15?,16-,17+,18-,21?. The SMILES string of the molecule is CC(C)c1cccc([C@@H]2[C@@H]3CN(C(=O)C4CC5(COC(=O)N5)C4)C[C@@H]32)c1. The normalized spacial score (nSPS) is 37.3. The second-order valence-electron chi connectivity index (χ2n) is 9.01. The number of rotatable bonds is 3. The van der Waals surface area contributed by atoms with E-state index in [9.17, 15) is 9.59 Å². The zero-order valence-electron chi connectivity index (χ0n) is 15.4. The summed E-state index contributed by atoms with van der Waals surface area (Å²) in [5.74, 6) is 2.77. The number of ether oxygens (including phenoxy) is 1. The molecule has 4 aliphatic rings. The Bertz CT molecular complexity index is 756. The molecule has 2 heterocycles. The van der Waals surface area contributed by atoms with Gasteiger partial charge in [0.25, 0.3) is 0 Å². The van der Waals surface area contributed by atoms with E-state index in [0.717, 1.165) is 25.9 Å². The topological polar surface area (TPSA) is 58.6 Å². The monoisotopic (exact) mass is 354 g/mol. The second-order valence-corrected chi connectivity index (χ2v) is 9.01. The minimum Gasteiger partial charge on any atom is -0.447 e. The van der Waals surface area contributed by atoms with Gasteiger partial charge in [0.05, 0.1) is 5.54 Å². The van der Waals surface area contributed by atoms with Gasteiger partial charge in [-0.25, -0.2) is 4.79 Å². The summed E-state index contributed by atoms with van der Waals surface area (Å²) in [7, 11) is 0. The third-order valence-corrected chi connectivity index (χ3v) is 6.94. The quantitative estimate of drug-likeness (QED) is 0.908. The molecule has 0 unspecified atom stereocenters. The smallest absolute Gasteiger partial charge is 0.407 e. The molecule has 2 amide bonds. The number of nitrogens with zero attached hydrogens (tertiary/aromatic N) is 1. The summed E-state index contributed by atoms with van der Waals surface area (Å²) in [6.07, 6.45) is 1.11. The largest absolute Gasteiger partial charge is 0.447 e. The number of benzene rings is 1. The number of fused-ring (bicyclic) bond motifs is 1. The van der Waals surface area contributed by atoms with Gasteiger partial charge in [-0.05, 0) is 47.6 Å². The van der Waals surface area contributed by atoms with E-state index in [-0.39, 0.29) is 23.5 Å². The van der Waals surface area contributed by atoms with Gasteiger partial charge >= 0.3 is 6.09 Å². The number of cyclic esters (lactones) is 1. The molecule has 0 radical (unpaired) electrons. The van der Waals surface area contributed by atoms with Crippen molar-refractivity contribution in [2.75, 3.05) is 19.7 Å². The van der Waals surface area contributed by atoms with Gasteiger partial charge in [0, 0.05) is 19.0 Å². The molecular weight excluding hydrogens is 328 g/mol. The van der Waals surface area contributed by atoms with Crippen molar-refractivity contribution in [3.63, 3.8) is 0 Å². The Labute approximate surface area is 154 Å². The number of carbonyl (C=O) groups excluding carboxylic acids is 2. The summed E-state index contributed by atoms with van der Waals surface area (Å²) in [5.41, 5.74) is 2.59. The van der Waals surface area contributed by atoms with Gasteiger partial charge in [-0.15, -0.1) is 0 Å². The van der Waals surface area contributed by atoms with Gasteiger partial charge in [0.1, 0.15) is 6.61 Å². The van der Waals surface area contributed by atoms with E-state index < -0.39 is 0 Å². The Morgan fingerprint density at radius 3 is 2.62 bits per heavy atom. The molecule has 2 aliphatic carbocycles. The molecule has 2 aliphatic heterocycles. The van der Waals surface area contributed by atoms with Crippen LogP contribution in [0, 0.1) is 17.8 Å². The van der Waals surface area contributed by atoms with Crippen LogP contribution in [-0.2, 0) is 9.53 Å². The van der Waals surface area contributed by atoms with Crippen LogP contribution in [0.4, 0.5) is 4.79 Å². The van der Waals surface area contributed by atoms with E-state index in [1.54, 1.807) is 0 Å². The molecule has 3 atom stereocenters. The van der Waals surface area contributed by atoms with Gasteiger partial charge in [0.15, 0.2) is 0 Å². The molecule has 0 bridgehead atoms. The summed E-state index contributed by atoms with van der Waals surface area (Å²) in [4.78, 5) is 26.1. The van der Waals surface area contributed by atoms with Crippen LogP contribution in [0.1, 0.15) is 49.7 Å². The van der Waals surface area contributed by atoms with Crippen LogP contribution >= 0.6 is 0 Å². The van der Waals surface area contributed by atoms with E-state index in [2.05, 4.69) is 48.3 Å². The summed E-state index contributed by atoms with van der Waals surface area (Å²) in [6, 6.07) is 8.99. The molecule has 138 valence electrons. The first kappa shape index (κ1) is 16.2. The Balaban J connectivity index is 1.18. The number of nitrogens with one attached hydrogen (secondary N) is 1. The fourth-order valence-electron chi connectivity index (χ4n) is 5.35. The van der Waals surface area contributed by atoms with Crippen LogP contribution in [0.25, 0.3) is 0 Å². The van der Waals surface area contributed by atoms with Crippen LogP contribution in [-0.4, -0.2) is 42.1 Å². The molecule has 2 saturated carbocycles. The molecule has 2 saturated heterocycles. The lowest BCUT2D eigenvalue weighted by molar-refractivity contribution is -0.140. The summed E-state index contributed by atoms with van der Waals surface area (Å²) in [5, 5.41) is 2.87. The van der Waals surface area contributed by atoms with Crippen LogP contribution in [0.5, 0.6) is 0 Å². The summed E-state index contributed by atoms with van der Waals surface area (Å²) >= 11 is 0. The number of piperidine rings is 1. The van der Waals surface area contributed by atoms with E-state index in [0.29, 0.717) is 30.3 Å². The number of hydrogen-bond donors (Lipinski definition) is 1. The van der Waals surface area contributed by atoms with E-state index in [1.165, 1.54) is 11.1 Å². The Kier molecular flexibility index (Phi) is 3.40. The van der Waals surface area contributed by atoms with Gasteiger partial charge in [-0.3, -0.25) is 4.79 Å². The van der Waals surface area contributed by atoms with E-state index in [1.807, 2.05) is 0 Å². The predicted molar refractivity (Wildman–Crippen MR) is 96.8 cm³/mol. The molecule has 26 heavy (non-hydrogen) atoms. The molecule has 5 nitrogen and oxygen atoms in total. The average molecular weight is 354 g/mol. The highest BCUT2D eigenvalue weighted by molar-refractivity contribution is 5.82. The number of likely N-dealkylation sites (tertiary alicyclic amines) is 1. The first-order chi connectivity index (χ1) is 12.5. The lowest BCUT2D eigenvalue weighted by Crippen LogP contribution is -2.58. The summed E-state index contributed by atoms with van der Waals surface area (Å²) in [6.45, 7) is 6.67. The van der Waals surface area contributed by atoms with Crippen molar-refractivity contribution in [2.24, 2.45) is 17.8 Å². The second kappa shape index (κ2) is 5.48. The number of hydrogen-bond acceptors (Lipinski definition) is 3. The molecule has 1 aromatic rings. The lowest BCUT2D eigenvalue weighted by atomic mass is 9.68. The van der Waals surface area contributed by atoms with Gasteiger partial charge in [-0.1, -0.05) is 38.1 Å². The first-order valence-corrected chi connectivity index (χ1v) is 9.79. The fraction of sp³-hybridized carbons (Fsp3) is 0.619. The molecule has 4 fully saturated rings. The van der Waals surface area contributed by atoms with Crippen LogP contribution in [0.3, 0.4) is 0 Å². The first-order valence-electron chi connectivity index (χ1n) is 9.79. The highest BCUT2D eigenvalue weighted by Gasteiger charge is 2.59. The van der Waals surface area contributed by atoms with E-state index in [4.69, 9.17) is 4.74 Å². The van der Waals surface area contributed by atoms with Gasteiger partial charge < -0.3 is 15.0 Å². The minimum atomic E-state index is -0.343. The third-order valence-electron chi connectivity index (χ3n) is 6.94. The average Bonchev–Trinajstić information content (AvgIpc) is 2.94. The number of carbonyl (C=O) groups is 2. The number of amides is 2. The summed E-state index contributed by atoms with van der Waals surface area (Å²) < 4.78 is 5.00. The van der Waals surface area contributed by atoms with Crippen molar-refractivity contribution in [1.82, 2.24) is 10.2 Å². The highest BCUT2D eigenvalue weighted by atomic mass is 16.6. The fourth-order valence-corrected chi connectivity index (χ4v) is 5.35. The Morgan fingerprint density at radius 2 is 2.00 bits per heavy atom. The van der Waals surface area contributed by atoms with Gasteiger partial charge in [0.2, 0.25) is 5.91 Å². The number of alkyl carbamates (subject to hydrolysis) is 1. The van der Waals surface area contributed by atoms with Crippen LogP contribution in [0.15, 0.2) is 24.3 Å². The highest BCUT2D eigenvalue weighted by Crippen LogP contribution is 2.59. The Hall–Kier alpha value is -2.04. The molecule has 1 spiro atoms. The molecule has 5 heteroatoms. The predicted octanol–water partition coefficient (Wildman–Crippen LogP) is 2.87. The minimum absolute atomic E-state index is 0.0530. The molecule has 1 aromatic carbocycles. The van der Waals surface area contributed by atoms with Crippen molar-refractivity contribution in [3.05, 3.63) is 35.4 Å².